The fourth-order valence-corrected chi connectivity index (χ4v) is 1.18. The van der Waals surface area contributed by atoms with Gasteiger partial charge < -0.3 is 10.8 Å². The minimum absolute atomic E-state index is 0.197. The molecule has 70 valence electrons. The Morgan fingerprint density at radius 1 is 1.62 bits per heavy atom. The molecular weight excluding hydrogens is 193 g/mol. The summed E-state index contributed by atoms with van der Waals surface area (Å²) < 4.78 is 12.9. The van der Waals surface area contributed by atoms with Gasteiger partial charge in [-0.05, 0) is 12.1 Å². The van der Waals surface area contributed by atoms with Gasteiger partial charge in [0.1, 0.15) is 0 Å². The van der Waals surface area contributed by atoms with Crippen molar-refractivity contribution in [3.8, 4) is 5.75 Å². The number of phenols is 1. The van der Waals surface area contributed by atoms with Gasteiger partial charge in [-0.3, -0.25) is 0 Å². The van der Waals surface area contributed by atoms with E-state index in [2.05, 4.69) is 6.58 Å². The molecule has 0 fully saturated rings. The van der Waals surface area contributed by atoms with E-state index < -0.39 is 17.6 Å². The van der Waals surface area contributed by atoms with Gasteiger partial charge in [-0.1, -0.05) is 17.7 Å². The van der Waals surface area contributed by atoms with E-state index in [1.165, 1.54) is 12.1 Å². The fourth-order valence-electron chi connectivity index (χ4n) is 0.967. The summed E-state index contributed by atoms with van der Waals surface area (Å²) in [4.78, 5) is 0. The van der Waals surface area contributed by atoms with Crippen molar-refractivity contribution in [1.82, 2.24) is 0 Å². The van der Waals surface area contributed by atoms with Crippen LogP contribution < -0.4 is 5.73 Å². The summed E-state index contributed by atoms with van der Waals surface area (Å²) >= 11 is 5.58. The number of hydrogen-bond donors (Lipinski definition) is 2. The lowest BCUT2D eigenvalue weighted by atomic mass is 10.1. The Bertz CT molecular complexity index is 341. The maximum Gasteiger partial charge on any atom is 0.166 e. The number of benzene rings is 1. The lowest BCUT2D eigenvalue weighted by Crippen LogP contribution is -2.07. The molecule has 0 aliphatic rings. The van der Waals surface area contributed by atoms with Gasteiger partial charge in [-0.2, -0.15) is 0 Å². The number of halogens is 2. The van der Waals surface area contributed by atoms with Gasteiger partial charge in [0, 0.05) is 10.6 Å². The van der Waals surface area contributed by atoms with Crippen LogP contribution in [0.1, 0.15) is 11.6 Å². The van der Waals surface area contributed by atoms with E-state index in [-0.39, 0.29) is 10.6 Å². The van der Waals surface area contributed by atoms with Crippen LogP contribution in [-0.4, -0.2) is 5.11 Å². The second-order valence-electron chi connectivity index (χ2n) is 2.59. The van der Waals surface area contributed by atoms with Crippen molar-refractivity contribution in [2.24, 2.45) is 5.73 Å². The van der Waals surface area contributed by atoms with Crippen LogP contribution in [0.15, 0.2) is 24.8 Å². The van der Waals surface area contributed by atoms with Crippen molar-refractivity contribution in [2.75, 3.05) is 0 Å². The minimum Gasteiger partial charge on any atom is -0.505 e. The second kappa shape index (κ2) is 3.77. The molecule has 0 amide bonds. The van der Waals surface area contributed by atoms with E-state index in [9.17, 15) is 9.50 Å². The molecule has 0 spiro atoms. The van der Waals surface area contributed by atoms with Crippen LogP contribution in [0.5, 0.6) is 5.75 Å². The first-order valence-electron chi connectivity index (χ1n) is 3.62. The zero-order valence-corrected chi connectivity index (χ0v) is 7.55. The molecule has 0 saturated carbocycles. The van der Waals surface area contributed by atoms with Crippen LogP contribution in [-0.2, 0) is 0 Å². The van der Waals surface area contributed by atoms with Crippen LogP contribution in [0, 0.1) is 5.82 Å². The highest BCUT2D eigenvalue weighted by Crippen LogP contribution is 2.29. The maximum atomic E-state index is 12.9. The highest BCUT2D eigenvalue weighted by molar-refractivity contribution is 6.30. The zero-order valence-electron chi connectivity index (χ0n) is 6.80. The van der Waals surface area contributed by atoms with Gasteiger partial charge in [0.05, 0.1) is 6.04 Å². The van der Waals surface area contributed by atoms with Gasteiger partial charge in [0.15, 0.2) is 11.6 Å². The van der Waals surface area contributed by atoms with Crippen molar-refractivity contribution in [1.29, 1.82) is 0 Å². The van der Waals surface area contributed by atoms with E-state index in [1.54, 1.807) is 0 Å². The lowest BCUT2D eigenvalue weighted by Gasteiger charge is -2.09. The summed E-state index contributed by atoms with van der Waals surface area (Å²) in [6.45, 7) is 3.44. The van der Waals surface area contributed by atoms with Crippen molar-refractivity contribution in [3.63, 3.8) is 0 Å². The Balaban J connectivity index is 3.27. The molecule has 0 aliphatic heterocycles. The molecule has 0 heterocycles. The summed E-state index contributed by atoms with van der Waals surface area (Å²) in [5.74, 6) is -1.25. The second-order valence-corrected chi connectivity index (χ2v) is 3.02. The molecular formula is C9H9ClFNO. The van der Waals surface area contributed by atoms with E-state index in [1.807, 2.05) is 0 Å². The third-order valence-electron chi connectivity index (χ3n) is 1.67. The molecule has 13 heavy (non-hydrogen) atoms. The molecule has 3 N–H and O–H groups in total. The lowest BCUT2D eigenvalue weighted by molar-refractivity contribution is 0.424. The molecule has 1 aromatic carbocycles. The molecule has 0 radical (unpaired) electrons. The van der Waals surface area contributed by atoms with Crippen LogP contribution in [0.25, 0.3) is 0 Å². The molecule has 4 heteroatoms. The Kier molecular flexibility index (Phi) is 2.90. The number of hydrogen-bond acceptors (Lipinski definition) is 2. The topological polar surface area (TPSA) is 46.2 Å². The summed E-state index contributed by atoms with van der Waals surface area (Å²) in [6.07, 6.45) is 1.39. The Morgan fingerprint density at radius 3 is 2.77 bits per heavy atom. The Labute approximate surface area is 80.4 Å². The van der Waals surface area contributed by atoms with Crippen molar-refractivity contribution >= 4 is 11.6 Å². The molecule has 1 aromatic rings. The number of nitrogens with two attached hydrogens (primary N) is 1. The molecule has 1 rings (SSSR count). The molecule has 2 nitrogen and oxygen atoms in total. The number of rotatable bonds is 2. The number of aromatic hydroxyl groups is 1. The van der Waals surface area contributed by atoms with Crippen molar-refractivity contribution in [3.05, 3.63) is 41.2 Å². The van der Waals surface area contributed by atoms with Gasteiger partial charge >= 0.3 is 0 Å². The van der Waals surface area contributed by atoms with Crippen LogP contribution in [0.3, 0.4) is 0 Å². The zero-order chi connectivity index (χ0) is 10.0. The molecule has 0 bridgehead atoms. The normalized spacial score (nSPS) is 12.5. The van der Waals surface area contributed by atoms with Gasteiger partial charge in [0.25, 0.3) is 0 Å². The first-order valence-corrected chi connectivity index (χ1v) is 4.00. The quantitative estimate of drug-likeness (QED) is 0.722. The molecule has 0 unspecified atom stereocenters. The maximum absolute atomic E-state index is 12.9. The van der Waals surface area contributed by atoms with E-state index >= 15 is 0 Å². The third-order valence-corrected chi connectivity index (χ3v) is 1.89. The first kappa shape index (κ1) is 10.0. The van der Waals surface area contributed by atoms with Crippen LogP contribution in [0.4, 0.5) is 4.39 Å². The van der Waals surface area contributed by atoms with Gasteiger partial charge in [-0.15, -0.1) is 6.58 Å². The monoisotopic (exact) mass is 201 g/mol. The predicted molar refractivity (Wildman–Crippen MR) is 50.2 cm³/mol. The summed E-state index contributed by atoms with van der Waals surface area (Å²) in [5.41, 5.74) is 5.77. The summed E-state index contributed by atoms with van der Waals surface area (Å²) in [6, 6.07) is 1.82. The van der Waals surface area contributed by atoms with Gasteiger partial charge in [0.2, 0.25) is 0 Å². The number of phenolic OH excluding ortho intramolecular Hbond substituents is 1. The summed E-state index contributed by atoms with van der Waals surface area (Å²) in [7, 11) is 0. The van der Waals surface area contributed by atoms with Crippen molar-refractivity contribution in [2.45, 2.75) is 6.04 Å². The predicted octanol–water partition coefficient (Wildman–Crippen LogP) is 2.37. The van der Waals surface area contributed by atoms with Gasteiger partial charge in [-0.25, -0.2) is 4.39 Å². The van der Waals surface area contributed by atoms with E-state index in [0.717, 1.165) is 6.07 Å². The van der Waals surface area contributed by atoms with Crippen molar-refractivity contribution < 1.29 is 9.50 Å². The largest absolute Gasteiger partial charge is 0.505 e. The smallest absolute Gasteiger partial charge is 0.166 e. The highest BCUT2D eigenvalue weighted by Gasteiger charge is 2.12. The Morgan fingerprint density at radius 2 is 2.23 bits per heavy atom. The van der Waals surface area contributed by atoms with Crippen LogP contribution in [0.2, 0.25) is 5.02 Å². The fraction of sp³-hybridized carbons (Fsp3) is 0.111. The molecule has 0 aromatic heterocycles. The SMILES string of the molecule is C=C[C@H](N)c1cc(Cl)cc(F)c1O. The van der Waals surface area contributed by atoms with E-state index in [4.69, 9.17) is 17.3 Å². The Hall–Kier alpha value is -1.06. The average Bonchev–Trinajstić information content (AvgIpc) is 2.10. The highest BCUT2D eigenvalue weighted by atomic mass is 35.5. The molecule has 0 saturated heterocycles. The molecule has 1 atom stereocenters. The average molecular weight is 202 g/mol. The standard InChI is InChI=1S/C9H9ClFNO/c1-2-8(12)6-3-5(10)4-7(11)9(6)13/h2-4,8,13H,1,12H2/t8-/m0/s1. The van der Waals surface area contributed by atoms with Crippen LogP contribution >= 0.6 is 11.6 Å². The summed E-state index contributed by atoms with van der Waals surface area (Å²) in [5, 5.41) is 9.46. The molecule has 0 aliphatic carbocycles. The third kappa shape index (κ3) is 1.99. The first-order chi connectivity index (χ1) is 6.06. The van der Waals surface area contributed by atoms with E-state index in [0.29, 0.717) is 0 Å². The minimum atomic E-state index is -0.778.